The van der Waals surface area contributed by atoms with Crippen molar-refractivity contribution in [3.05, 3.63) is 58.3 Å². The molecule has 1 aromatic heterocycles. The van der Waals surface area contributed by atoms with Gasteiger partial charge in [0.25, 0.3) is 5.91 Å². The topological polar surface area (TPSA) is 85.6 Å². The van der Waals surface area contributed by atoms with Gasteiger partial charge < -0.3 is 14.5 Å². The van der Waals surface area contributed by atoms with Gasteiger partial charge in [-0.3, -0.25) is 14.4 Å². The maximum Gasteiger partial charge on any atom is 0.325 e. The van der Waals surface area contributed by atoms with Crippen molar-refractivity contribution in [3.63, 3.8) is 0 Å². The number of nitrogens with one attached hydrogen (secondary N) is 1. The number of carbonyl (C=O) groups excluding carboxylic acids is 2. The van der Waals surface area contributed by atoms with Crippen LogP contribution >= 0.6 is 0 Å². The molecule has 116 valence electrons. The second kappa shape index (κ2) is 5.92. The SMILES string of the molecule is COC(=O)CNC(=O)c1cccc2oc3ccccc3c(=O)c12. The van der Waals surface area contributed by atoms with Crippen molar-refractivity contribution in [1.29, 1.82) is 0 Å². The predicted octanol–water partition coefficient (Wildman–Crippen LogP) is 1.85. The number of para-hydroxylation sites is 1. The van der Waals surface area contributed by atoms with Crippen molar-refractivity contribution in [3.8, 4) is 0 Å². The molecule has 0 bridgehead atoms. The maximum absolute atomic E-state index is 12.7. The number of fused-ring (bicyclic) bond motifs is 2. The van der Waals surface area contributed by atoms with E-state index in [1.165, 1.54) is 13.2 Å². The highest BCUT2D eigenvalue weighted by Gasteiger charge is 2.16. The van der Waals surface area contributed by atoms with E-state index < -0.39 is 11.9 Å². The van der Waals surface area contributed by atoms with Gasteiger partial charge in [-0.05, 0) is 24.3 Å². The zero-order valence-electron chi connectivity index (χ0n) is 12.3. The molecule has 0 unspecified atom stereocenters. The molecule has 3 aromatic rings. The van der Waals surface area contributed by atoms with E-state index in [9.17, 15) is 14.4 Å². The van der Waals surface area contributed by atoms with Crippen LogP contribution in [0.3, 0.4) is 0 Å². The third-order valence-electron chi connectivity index (χ3n) is 3.47. The smallest absolute Gasteiger partial charge is 0.325 e. The van der Waals surface area contributed by atoms with Crippen molar-refractivity contribution in [2.45, 2.75) is 0 Å². The van der Waals surface area contributed by atoms with Crippen LogP contribution in [0.25, 0.3) is 21.9 Å². The first kappa shape index (κ1) is 14.8. The first-order chi connectivity index (χ1) is 11.1. The number of rotatable bonds is 3. The Morgan fingerprint density at radius 2 is 1.83 bits per heavy atom. The molecule has 1 amide bonds. The molecule has 6 heteroatoms. The Morgan fingerprint density at radius 3 is 2.61 bits per heavy atom. The molecule has 0 saturated carbocycles. The van der Waals surface area contributed by atoms with Crippen LogP contribution in [-0.2, 0) is 9.53 Å². The Balaban J connectivity index is 2.14. The van der Waals surface area contributed by atoms with Crippen molar-refractivity contribution in [1.82, 2.24) is 5.32 Å². The van der Waals surface area contributed by atoms with Gasteiger partial charge in [-0.2, -0.15) is 0 Å². The first-order valence-electron chi connectivity index (χ1n) is 6.91. The van der Waals surface area contributed by atoms with Crippen LogP contribution in [0.4, 0.5) is 0 Å². The molecular weight excluding hydrogens is 298 g/mol. The van der Waals surface area contributed by atoms with Crippen molar-refractivity contribution in [2.75, 3.05) is 13.7 Å². The molecule has 0 aliphatic carbocycles. The molecule has 23 heavy (non-hydrogen) atoms. The molecule has 0 spiro atoms. The van der Waals surface area contributed by atoms with E-state index in [-0.39, 0.29) is 22.9 Å². The van der Waals surface area contributed by atoms with Gasteiger partial charge in [0.15, 0.2) is 0 Å². The third kappa shape index (κ3) is 2.66. The first-order valence-corrected chi connectivity index (χ1v) is 6.91. The molecule has 2 aromatic carbocycles. The fourth-order valence-corrected chi connectivity index (χ4v) is 2.36. The largest absolute Gasteiger partial charge is 0.468 e. The molecule has 0 aliphatic rings. The van der Waals surface area contributed by atoms with Gasteiger partial charge in [0.2, 0.25) is 5.43 Å². The average Bonchev–Trinajstić information content (AvgIpc) is 2.59. The van der Waals surface area contributed by atoms with E-state index in [4.69, 9.17) is 4.42 Å². The number of hydrogen-bond donors (Lipinski definition) is 1. The summed E-state index contributed by atoms with van der Waals surface area (Å²) in [5.41, 5.74) is 0.646. The number of carbonyl (C=O) groups is 2. The van der Waals surface area contributed by atoms with Crippen LogP contribution in [0.15, 0.2) is 51.7 Å². The van der Waals surface area contributed by atoms with E-state index in [1.54, 1.807) is 36.4 Å². The van der Waals surface area contributed by atoms with Gasteiger partial charge in [0.05, 0.1) is 23.4 Å². The van der Waals surface area contributed by atoms with Gasteiger partial charge in [-0.25, -0.2) is 0 Å². The van der Waals surface area contributed by atoms with Crippen LogP contribution in [0.5, 0.6) is 0 Å². The monoisotopic (exact) mass is 311 g/mol. The van der Waals surface area contributed by atoms with Crippen LogP contribution in [0.1, 0.15) is 10.4 Å². The van der Waals surface area contributed by atoms with Crippen LogP contribution in [0, 0.1) is 0 Å². The van der Waals surface area contributed by atoms with E-state index in [0.29, 0.717) is 16.6 Å². The summed E-state index contributed by atoms with van der Waals surface area (Å²) in [6.45, 7) is -0.273. The van der Waals surface area contributed by atoms with Crippen molar-refractivity contribution < 1.29 is 18.7 Å². The molecule has 0 atom stereocenters. The number of methoxy groups -OCH3 is 1. The minimum Gasteiger partial charge on any atom is -0.468 e. The fraction of sp³-hybridized carbons (Fsp3) is 0.118. The van der Waals surface area contributed by atoms with E-state index in [1.807, 2.05) is 0 Å². The zero-order valence-corrected chi connectivity index (χ0v) is 12.3. The van der Waals surface area contributed by atoms with Gasteiger partial charge in [-0.1, -0.05) is 18.2 Å². The summed E-state index contributed by atoms with van der Waals surface area (Å²) in [7, 11) is 1.23. The Labute approximate surface area is 130 Å². The second-order valence-electron chi connectivity index (χ2n) is 4.86. The molecule has 0 aliphatic heterocycles. The second-order valence-corrected chi connectivity index (χ2v) is 4.86. The summed E-state index contributed by atoms with van der Waals surface area (Å²) in [6, 6.07) is 11.6. The van der Waals surface area contributed by atoms with Crippen LogP contribution in [0.2, 0.25) is 0 Å². The average molecular weight is 311 g/mol. The van der Waals surface area contributed by atoms with Gasteiger partial charge in [-0.15, -0.1) is 0 Å². The highest BCUT2D eigenvalue weighted by Crippen LogP contribution is 2.21. The summed E-state index contributed by atoms with van der Waals surface area (Å²) < 4.78 is 10.2. The molecule has 1 heterocycles. The fourth-order valence-electron chi connectivity index (χ4n) is 2.36. The summed E-state index contributed by atoms with van der Waals surface area (Å²) in [5, 5.41) is 3.01. The van der Waals surface area contributed by atoms with Crippen LogP contribution in [-0.4, -0.2) is 25.5 Å². The zero-order chi connectivity index (χ0) is 16.4. The summed E-state index contributed by atoms with van der Waals surface area (Å²) in [6.07, 6.45) is 0. The van der Waals surface area contributed by atoms with Crippen LogP contribution < -0.4 is 10.7 Å². The lowest BCUT2D eigenvalue weighted by Gasteiger charge is -2.07. The third-order valence-corrected chi connectivity index (χ3v) is 3.47. The molecule has 0 saturated heterocycles. The van der Waals surface area contributed by atoms with E-state index in [0.717, 1.165) is 0 Å². The molecule has 0 radical (unpaired) electrons. The van der Waals surface area contributed by atoms with E-state index >= 15 is 0 Å². The molecule has 1 N–H and O–H groups in total. The minimum atomic E-state index is -0.573. The highest BCUT2D eigenvalue weighted by atomic mass is 16.5. The Bertz CT molecular complexity index is 974. The molecule has 3 rings (SSSR count). The number of esters is 1. The number of hydrogen-bond acceptors (Lipinski definition) is 5. The van der Waals surface area contributed by atoms with Gasteiger partial charge in [0.1, 0.15) is 17.7 Å². The maximum atomic E-state index is 12.7. The Kier molecular flexibility index (Phi) is 3.80. The van der Waals surface area contributed by atoms with Gasteiger partial charge >= 0.3 is 5.97 Å². The normalized spacial score (nSPS) is 10.7. The Hall–Kier alpha value is -3.15. The standard InChI is InChI=1S/C17H13NO5/c1-22-14(19)9-18-17(21)11-6-4-8-13-15(11)16(20)10-5-2-3-7-12(10)23-13/h2-8H,9H2,1H3,(H,18,21). The predicted molar refractivity (Wildman–Crippen MR) is 84.3 cm³/mol. The summed E-state index contributed by atoms with van der Waals surface area (Å²) in [4.78, 5) is 36.1. The van der Waals surface area contributed by atoms with E-state index in [2.05, 4.69) is 10.1 Å². The van der Waals surface area contributed by atoms with Crippen molar-refractivity contribution >= 4 is 33.8 Å². The molecular formula is C17H13NO5. The van der Waals surface area contributed by atoms with Gasteiger partial charge in [0, 0.05) is 0 Å². The number of ether oxygens (including phenoxy) is 1. The lowest BCUT2D eigenvalue weighted by Crippen LogP contribution is -2.30. The highest BCUT2D eigenvalue weighted by molar-refractivity contribution is 6.08. The lowest BCUT2D eigenvalue weighted by molar-refractivity contribution is -0.139. The molecule has 6 nitrogen and oxygen atoms in total. The number of amides is 1. The summed E-state index contributed by atoms with van der Waals surface area (Å²) in [5.74, 6) is -1.11. The lowest BCUT2D eigenvalue weighted by atomic mass is 10.1. The quantitative estimate of drug-likeness (QED) is 0.589. The number of benzene rings is 2. The molecule has 0 fully saturated rings. The Morgan fingerprint density at radius 1 is 1.09 bits per heavy atom. The van der Waals surface area contributed by atoms with Crippen molar-refractivity contribution in [2.24, 2.45) is 0 Å². The minimum absolute atomic E-state index is 0.158. The summed E-state index contributed by atoms with van der Waals surface area (Å²) >= 11 is 0.